The molecule has 0 fully saturated rings. The highest BCUT2D eigenvalue weighted by Gasteiger charge is 2.14. The van der Waals surface area contributed by atoms with Crippen LogP contribution in [0, 0.1) is 12.7 Å². The smallest absolute Gasteiger partial charge is 0.189 e. The summed E-state index contributed by atoms with van der Waals surface area (Å²) in [5.41, 5.74) is 7.38. The standard InChI is InChI=1S/C15H12FN3O/c1-9-4-5-10(8-19-9)20-15-12(16)7-13(17)11-3-2-6-18-14(11)15/h2-8H,17H2,1H3. The highest BCUT2D eigenvalue weighted by atomic mass is 19.1. The van der Waals surface area contributed by atoms with Crippen molar-refractivity contribution in [1.82, 2.24) is 9.97 Å². The Kier molecular flexibility index (Phi) is 2.95. The lowest BCUT2D eigenvalue weighted by atomic mass is 10.1. The minimum absolute atomic E-state index is 0.0560. The zero-order valence-corrected chi connectivity index (χ0v) is 10.8. The van der Waals surface area contributed by atoms with Crippen molar-refractivity contribution in [2.24, 2.45) is 0 Å². The second-order valence-corrected chi connectivity index (χ2v) is 4.41. The molecule has 0 radical (unpaired) electrons. The van der Waals surface area contributed by atoms with E-state index in [2.05, 4.69) is 9.97 Å². The Balaban J connectivity index is 2.13. The highest BCUT2D eigenvalue weighted by molar-refractivity contribution is 5.94. The molecule has 0 aliphatic carbocycles. The van der Waals surface area contributed by atoms with Crippen LogP contribution in [0.25, 0.3) is 10.9 Å². The van der Waals surface area contributed by atoms with Crippen LogP contribution in [0.4, 0.5) is 10.1 Å². The van der Waals surface area contributed by atoms with Gasteiger partial charge in [0.1, 0.15) is 11.3 Å². The molecule has 0 saturated carbocycles. The monoisotopic (exact) mass is 269 g/mol. The van der Waals surface area contributed by atoms with E-state index in [1.165, 1.54) is 6.07 Å². The Morgan fingerprint density at radius 3 is 2.80 bits per heavy atom. The van der Waals surface area contributed by atoms with Gasteiger partial charge in [-0.25, -0.2) is 4.39 Å². The molecule has 0 spiro atoms. The van der Waals surface area contributed by atoms with Gasteiger partial charge in [-0.1, -0.05) is 0 Å². The molecule has 0 amide bonds. The molecule has 1 aromatic carbocycles. The molecule has 100 valence electrons. The van der Waals surface area contributed by atoms with Gasteiger partial charge in [0.2, 0.25) is 0 Å². The normalized spacial score (nSPS) is 10.7. The fourth-order valence-electron chi connectivity index (χ4n) is 1.94. The molecule has 2 N–H and O–H groups in total. The molecule has 5 heteroatoms. The molecule has 3 rings (SSSR count). The number of benzene rings is 1. The summed E-state index contributed by atoms with van der Waals surface area (Å²) in [6.07, 6.45) is 3.11. The topological polar surface area (TPSA) is 61.0 Å². The summed E-state index contributed by atoms with van der Waals surface area (Å²) in [4.78, 5) is 8.26. The van der Waals surface area contributed by atoms with Gasteiger partial charge in [0.05, 0.1) is 6.20 Å². The first-order chi connectivity index (χ1) is 9.65. The summed E-state index contributed by atoms with van der Waals surface area (Å²) in [5.74, 6) is -0.0408. The maximum absolute atomic E-state index is 14.1. The number of hydrogen-bond donors (Lipinski definition) is 1. The third-order valence-corrected chi connectivity index (χ3v) is 2.94. The molecule has 0 unspecified atom stereocenters. The summed E-state index contributed by atoms with van der Waals surface area (Å²) in [7, 11) is 0. The van der Waals surface area contributed by atoms with E-state index in [4.69, 9.17) is 10.5 Å². The summed E-state index contributed by atoms with van der Waals surface area (Å²) in [5, 5.41) is 0.656. The number of nitrogens with zero attached hydrogens (tertiary/aromatic N) is 2. The van der Waals surface area contributed by atoms with E-state index in [1.54, 1.807) is 36.7 Å². The average molecular weight is 269 g/mol. The van der Waals surface area contributed by atoms with Gasteiger partial charge in [-0.3, -0.25) is 9.97 Å². The maximum atomic E-state index is 14.1. The maximum Gasteiger partial charge on any atom is 0.189 e. The summed E-state index contributed by atoms with van der Waals surface area (Å²) < 4.78 is 19.7. The fraction of sp³-hybridized carbons (Fsp3) is 0.0667. The van der Waals surface area contributed by atoms with Crippen molar-refractivity contribution in [2.45, 2.75) is 6.92 Å². The Bertz CT molecular complexity index is 772. The van der Waals surface area contributed by atoms with E-state index >= 15 is 0 Å². The number of aromatic nitrogens is 2. The van der Waals surface area contributed by atoms with E-state index in [1.807, 2.05) is 6.92 Å². The molecular formula is C15H12FN3O. The molecular weight excluding hydrogens is 257 g/mol. The molecule has 0 saturated heterocycles. The van der Waals surface area contributed by atoms with Crippen LogP contribution in [0.1, 0.15) is 5.69 Å². The zero-order valence-electron chi connectivity index (χ0n) is 10.8. The molecule has 2 aromatic heterocycles. The largest absolute Gasteiger partial charge is 0.450 e. The number of rotatable bonds is 2. The van der Waals surface area contributed by atoms with Crippen LogP contribution in [0.15, 0.2) is 42.7 Å². The first-order valence-corrected chi connectivity index (χ1v) is 6.08. The summed E-state index contributed by atoms with van der Waals surface area (Å²) >= 11 is 0. The van der Waals surface area contributed by atoms with Crippen LogP contribution in [0.3, 0.4) is 0 Å². The molecule has 0 aliphatic heterocycles. The Morgan fingerprint density at radius 2 is 2.05 bits per heavy atom. The number of ether oxygens (including phenoxy) is 1. The van der Waals surface area contributed by atoms with Crippen LogP contribution in [0.5, 0.6) is 11.5 Å². The predicted molar refractivity (Wildman–Crippen MR) is 75.2 cm³/mol. The number of nitrogen functional groups attached to an aromatic ring is 1. The molecule has 20 heavy (non-hydrogen) atoms. The van der Waals surface area contributed by atoms with Gasteiger partial charge in [0, 0.05) is 29.0 Å². The first-order valence-electron chi connectivity index (χ1n) is 6.08. The van der Waals surface area contributed by atoms with Gasteiger partial charge in [-0.2, -0.15) is 0 Å². The van der Waals surface area contributed by atoms with E-state index in [9.17, 15) is 4.39 Å². The predicted octanol–water partition coefficient (Wildman–Crippen LogP) is 3.45. The van der Waals surface area contributed by atoms with Gasteiger partial charge in [0.15, 0.2) is 11.6 Å². The van der Waals surface area contributed by atoms with Gasteiger partial charge < -0.3 is 10.5 Å². The number of halogens is 1. The Labute approximate surface area is 115 Å². The Morgan fingerprint density at radius 1 is 1.20 bits per heavy atom. The second kappa shape index (κ2) is 4.77. The third kappa shape index (κ3) is 2.14. The average Bonchev–Trinajstić information content (AvgIpc) is 2.45. The van der Waals surface area contributed by atoms with Crippen LogP contribution >= 0.6 is 0 Å². The Hall–Kier alpha value is -2.69. The molecule has 0 bridgehead atoms. The minimum atomic E-state index is -0.547. The number of anilines is 1. The SMILES string of the molecule is Cc1ccc(Oc2c(F)cc(N)c3cccnc23)cn1. The van der Waals surface area contributed by atoms with Crippen molar-refractivity contribution in [1.29, 1.82) is 0 Å². The van der Waals surface area contributed by atoms with Crippen LogP contribution < -0.4 is 10.5 Å². The molecule has 4 nitrogen and oxygen atoms in total. The molecule has 0 atom stereocenters. The number of aryl methyl sites for hydroxylation is 1. The van der Waals surface area contributed by atoms with Gasteiger partial charge in [-0.15, -0.1) is 0 Å². The van der Waals surface area contributed by atoms with Crippen molar-refractivity contribution < 1.29 is 9.13 Å². The van der Waals surface area contributed by atoms with Crippen LogP contribution in [-0.2, 0) is 0 Å². The van der Waals surface area contributed by atoms with E-state index < -0.39 is 5.82 Å². The first kappa shape index (κ1) is 12.3. The number of hydrogen-bond acceptors (Lipinski definition) is 4. The van der Waals surface area contributed by atoms with E-state index in [0.29, 0.717) is 22.3 Å². The number of pyridine rings is 2. The fourth-order valence-corrected chi connectivity index (χ4v) is 1.94. The summed E-state index contributed by atoms with van der Waals surface area (Å²) in [6, 6.07) is 8.28. The quantitative estimate of drug-likeness (QED) is 0.724. The van der Waals surface area contributed by atoms with Crippen molar-refractivity contribution in [3.63, 3.8) is 0 Å². The zero-order chi connectivity index (χ0) is 14.1. The number of nitrogens with two attached hydrogens (primary N) is 1. The molecule has 0 aliphatic rings. The van der Waals surface area contributed by atoms with Crippen molar-refractivity contribution in [3.05, 3.63) is 54.2 Å². The van der Waals surface area contributed by atoms with Gasteiger partial charge in [-0.05, 0) is 31.2 Å². The van der Waals surface area contributed by atoms with Crippen LogP contribution in [-0.4, -0.2) is 9.97 Å². The highest BCUT2D eigenvalue weighted by Crippen LogP contribution is 2.34. The van der Waals surface area contributed by atoms with Crippen molar-refractivity contribution in [2.75, 3.05) is 5.73 Å². The third-order valence-electron chi connectivity index (χ3n) is 2.94. The van der Waals surface area contributed by atoms with Crippen molar-refractivity contribution >= 4 is 16.6 Å². The lowest BCUT2D eigenvalue weighted by Gasteiger charge is -2.10. The lowest BCUT2D eigenvalue weighted by molar-refractivity contribution is 0.445. The summed E-state index contributed by atoms with van der Waals surface area (Å²) in [6.45, 7) is 1.87. The van der Waals surface area contributed by atoms with E-state index in [-0.39, 0.29) is 5.75 Å². The van der Waals surface area contributed by atoms with Crippen LogP contribution in [0.2, 0.25) is 0 Å². The van der Waals surface area contributed by atoms with Gasteiger partial charge in [0.25, 0.3) is 0 Å². The van der Waals surface area contributed by atoms with Crippen molar-refractivity contribution in [3.8, 4) is 11.5 Å². The van der Waals surface area contributed by atoms with E-state index in [0.717, 1.165) is 5.69 Å². The lowest BCUT2D eigenvalue weighted by Crippen LogP contribution is -1.96. The minimum Gasteiger partial charge on any atom is -0.450 e. The van der Waals surface area contributed by atoms with Gasteiger partial charge >= 0.3 is 0 Å². The molecule has 3 aromatic rings. The molecule has 2 heterocycles. The second-order valence-electron chi connectivity index (χ2n) is 4.41. The number of fused-ring (bicyclic) bond motifs is 1.